The molecule has 2 rings (SSSR count). The van der Waals surface area contributed by atoms with Crippen LogP contribution < -0.4 is 15.4 Å². The molecule has 126 valence electrons. The van der Waals surface area contributed by atoms with Gasteiger partial charge in [0.25, 0.3) is 0 Å². The summed E-state index contributed by atoms with van der Waals surface area (Å²) in [4.78, 5) is 11.8. The van der Waals surface area contributed by atoms with Gasteiger partial charge in [-0.3, -0.25) is 4.79 Å². The van der Waals surface area contributed by atoms with Crippen LogP contribution in [-0.2, 0) is 11.2 Å². The van der Waals surface area contributed by atoms with Crippen LogP contribution in [-0.4, -0.2) is 32.7 Å². The Hall–Kier alpha value is -1.81. The number of methoxy groups -OCH3 is 1. The lowest BCUT2D eigenvalue weighted by atomic mass is 10.1. The zero-order chi connectivity index (χ0) is 16.3. The Morgan fingerprint density at radius 1 is 1.22 bits per heavy atom. The Morgan fingerprint density at radius 3 is 2.74 bits per heavy atom. The predicted molar refractivity (Wildman–Crippen MR) is 93.7 cm³/mol. The number of ether oxygens (including phenoxy) is 1. The monoisotopic (exact) mass is 316 g/mol. The summed E-state index contributed by atoms with van der Waals surface area (Å²) in [7, 11) is 1.68. The Morgan fingerprint density at radius 2 is 2.04 bits per heavy atom. The predicted octanol–water partition coefficient (Wildman–Crippen LogP) is 2.83. The van der Waals surface area contributed by atoms with Crippen LogP contribution >= 0.6 is 0 Å². The average molecular weight is 316 g/mol. The molecule has 0 unspecified atom stereocenters. The zero-order valence-corrected chi connectivity index (χ0v) is 14.1. The van der Waals surface area contributed by atoms with E-state index < -0.39 is 0 Å². The van der Waals surface area contributed by atoms with Crippen LogP contribution in [0.1, 0.15) is 37.7 Å². The second kappa shape index (κ2) is 10.1. The van der Waals surface area contributed by atoms with E-state index in [9.17, 15) is 4.79 Å². The molecule has 1 heterocycles. The summed E-state index contributed by atoms with van der Waals surface area (Å²) in [6.45, 7) is 2.66. The van der Waals surface area contributed by atoms with Crippen LogP contribution in [0.3, 0.4) is 0 Å². The minimum absolute atomic E-state index is 0.175. The third kappa shape index (κ3) is 6.87. The first-order valence-electron chi connectivity index (χ1n) is 8.56. The first-order chi connectivity index (χ1) is 11.3. The second-order valence-corrected chi connectivity index (χ2v) is 6.00. The largest absolute Gasteiger partial charge is 0.497 e. The molecule has 0 saturated carbocycles. The molecule has 0 saturated heterocycles. The van der Waals surface area contributed by atoms with Gasteiger partial charge in [-0.2, -0.15) is 0 Å². The van der Waals surface area contributed by atoms with Crippen molar-refractivity contribution in [1.29, 1.82) is 0 Å². The van der Waals surface area contributed by atoms with Crippen molar-refractivity contribution >= 4 is 5.91 Å². The van der Waals surface area contributed by atoms with Crippen LogP contribution in [0.15, 0.2) is 35.9 Å². The molecular weight excluding hydrogens is 288 g/mol. The number of hydrogen-bond acceptors (Lipinski definition) is 3. The lowest BCUT2D eigenvalue weighted by molar-refractivity contribution is -0.121. The summed E-state index contributed by atoms with van der Waals surface area (Å²) >= 11 is 0. The number of benzene rings is 1. The number of carbonyl (C=O) groups excluding carboxylic acids is 1. The van der Waals surface area contributed by atoms with Crippen molar-refractivity contribution in [1.82, 2.24) is 10.6 Å². The topological polar surface area (TPSA) is 50.4 Å². The van der Waals surface area contributed by atoms with Gasteiger partial charge in [0.15, 0.2) is 0 Å². The fourth-order valence-electron chi connectivity index (χ4n) is 2.71. The molecule has 0 aromatic heterocycles. The van der Waals surface area contributed by atoms with E-state index in [-0.39, 0.29) is 5.91 Å². The molecule has 0 fully saturated rings. The number of hydrogen-bond donors (Lipinski definition) is 2. The van der Waals surface area contributed by atoms with Crippen LogP contribution in [0.2, 0.25) is 0 Å². The minimum atomic E-state index is 0.175. The summed E-state index contributed by atoms with van der Waals surface area (Å²) in [6, 6.07) is 8.22. The van der Waals surface area contributed by atoms with Crippen molar-refractivity contribution in [3.63, 3.8) is 0 Å². The zero-order valence-electron chi connectivity index (χ0n) is 14.1. The molecule has 1 amide bonds. The molecule has 0 bridgehead atoms. The van der Waals surface area contributed by atoms with Gasteiger partial charge in [-0.05, 0) is 49.9 Å². The molecule has 0 atom stereocenters. The summed E-state index contributed by atoms with van der Waals surface area (Å²) in [5.41, 5.74) is 2.67. The highest BCUT2D eigenvalue weighted by Gasteiger charge is 2.05. The van der Waals surface area contributed by atoms with Crippen molar-refractivity contribution in [2.24, 2.45) is 0 Å². The van der Waals surface area contributed by atoms with E-state index in [2.05, 4.69) is 28.8 Å². The van der Waals surface area contributed by atoms with E-state index in [0.717, 1.165) is 50.9 Å². The van der Waals surface area contributed by atoms with Gasteiger partial charge in [-0.25, -0.2) is 0 Å². The highest BCUT2D eigenvalue weighted by molar-refractivity contribution is 5.76. The van der Waals surface area contributed by atoms with E-state index in [4.69, 9.17) is 4.74 Å². The highest BCUT2D eigenvalue weighted by atomic mass is 16.5. The Labute approximate surface area is 139 Å². The van der Waals surface area contributed by atoms with Crippen LogP contribution in [0.4, 0.5) is 0 Å². The van der Waals surface area contributed by atoms with Gasteiger partial charge in [0.1, 0.15) is 5.75 Å². The van der Waals surface area contributed by atoms with Crippen LogP contribution in [0.5, 0.6) is 5.75 Å². The van der Waals surface area contributed by atoms with Crippen molar-refractivity contribution in [2.45, 2.75) is 38.5 Å². The smallest absolute Gasteiger partial charge is 0.220 e. The second-order valence-electron chi connectivity index (χ2n) is 6.00. The molecule has 4 heteroatoms. The molecule has 1 aliphatic heterocycles. The maximum absolute atomic E-state index is 11.8. The number of amides is 1. The maximum Gasteiger partial charge on any atom is 0.220 e. The van der Waals surface area contributed by atoms with Gasteiger partial charge < -0.3 is 15.4 Å². The van der Waals surface area contributed by atoms with E-state index in [1.54, 1.807) is 7.11 Å². The molecule has 0 radical (unpaired) electrons. The molecule has 1 aromatic rings. The third-order valence-electron chi connectivity index (χ3n) is 4.20. The van der Waals surface area contributed by atoms with Gasteiger partial charge in [0, 0.05) is 19.5 Å². The van der Waals surface area contributed by atoms with Gasteiger partial charge in [-0.1, -0.05) is 30.2 Å². The van der Waals surface area contributed by atoms with Gasteiger partial charge in [-0.15, -0.1) is 0 Å². The summed E-state index contributed by atoms with van der Waals surface area (Å²) in [5.74, 6) is 1.07. The van der Waals surface area contributed by atoms with Crippen LogP contribution in [0, 0.1) is 0 Å². The Kier molecular flexibility index (Phi) is 7.67. The molecule has 1 aromatic carbocycles. The van der Waals surface area contributed by atoms with E-state index in [1.165, 1.54) is 11.1 Å². The molecule has 2 N–H and O–H groups in total. The fourth-order valence-corrected chi connectivity index (χ4v) is 2.71. The van der Waals surface area contributed by atoms with Gasteiger partial charge in [0.2, 0.25) is 5.91 Å². The normalized spacial score (nSPS) is 14.2. The minimum Gasteiger partial charge on any atom is -0.497 e. The Bertz CT molecular complexity index is 509. The van der Waals surface area contributed by atoms with E-state index in [1.807, 2.05) is 12.1 Å². The first-order valence-corrected chi connectivity index (χ1v) is 8.56. The molecule has 0 spiro atoms. The maximum atomic E-state index is 11.8. The molecule has 1 aliphatic rings. The number of unbranched alkanes of at least 4 members (excludes halogenated alkanes) is 2. The van der Waals surface area contributed by atoms with Crippen LogP contribution in [0.25, 0.3) is 0 Å². The standard InChI is InChI=1S/C19H28N2O2/c1-23-18-9-7-16(8-10-18)5-3-2-4-6-19(22)21-15-17-11-13-20-14-12-17/h7-11,20H,2-6,12-15H2,1H3,(H,21,22). The Balaban J connectivity index is 1.52. The number of carbonyl (C=O) groups is 1. The van der Waals surface area contributed by atoms with E-state index >= 15 is 0 Å². The summed E-state index contributed by atoms with van der Waals surface area (Å²) in [5, 5.41) is 6.30. The van der Waals surface area contributed by atoms with Crippen molar-refractivity contribution in [3.8, 4) is 5.75 Å². The van der Waals surface area contributed by atoms with Crippen molar-refractivity contribution in [2.75, 3.05) is 26.7 Å². The van der Waals surface area contributed by atoms with Crippen molar-refractivity contribution in [3.05, 3.63) is 41.5 Å². The summed E-state index contributed by atoms with van der Waals surface area (Å²) in [6.07, 6.45) is 8.09. The lowest BCUT2D eigenvalue weighted by Gasteiger charge is -2.14. The summed E-state index contributed by atoms with van der Waals surface area (Å²) < 4.78 is 5.15. The average Bonchev–Trinajstić information content (AvgIpc) is 2.61. The van der Waals surface area contributed by atoms with Gasteiger partial charge in [0.05, 0.1) is 7.11 Å². The fraction of sp³-hybridized carbons (Fsp3) is 0.526. The molecule has 4 nitrogen and oxygen atoms in total. The van der Waals surface area contributed by atoms with Gasteiger partial charge >= 0.3 is 0 Å². The lowest BCUT2D eigenvalue weighted by Crippen LogP contribution is -2.29. The van der Waals surface area contributed by atoms with E-state index in [0.29, 0.717) is 13.0 Å². The highest BCUT2D eigenvalue weighted by Crippen LogP contribution is 2.14. The third-order valence-corrected chi connectivity index (χ3v) is 4.20. The molecule has 23 heavy (non-hydrogen) atoms. The molecule has 0 aliphatic carbocycles. The number of aryl methyl sites for hydroxylation is 1. The quantitative estimate of drug-likeness (QED) is 0.544. The number of rotatable bonds is 9. The number of nitrogens with one attached hydrogen (secondary N) is 2. The SMILES string of the molecule is COc1ccc(CCCCCC(=O)NCC2=CCNCC2)cc1. The molecular formula is C19H28N2O2. The first kappa shape index (κ1) is 17.5. The van der Waals surface area contributed by atoms with Crippen molar-refractivity contribution < 1.29 is 9.53 Å².